The molecule has 0 heterocycles. The van der Waals surface area contributed by atoms with Crippen LogP contribution in [0.25, 0.3) is 0 Å². The minimum atomic E-state index is -1.18. The van der Waals surface area contributed by atoms with Gasteiger partial charge < -0.3 is 31.9 Å². The summed E-state index contributed by atoms with van der Waals surface area (Å²) in [4.78, 5) is 51.1. The Morgan fingerprint density at radius 2 is 1.31 bits per heavy atom. The smallest absolute Gasteiger partial charge is 0.326 e. The van der Waals surface area contributed by atoms with Crippen molar-refractivity contribution < 1.29 is 29.4 Å². The van der Waals surface area contributed by atoms with E-state index in [1.54, 1.807) is 50.2 Å². The van der Waals surface area contributed by atoms with Gasteiger partial charge in [-0.1, -0.05) is 70.2 Å². The molecular formula is C29H40N4O6. The molecule has 10 nitrogen and oxygen atoms in total. The summed E-state index contributed by atoms with van der Waals surface area (Å²) in [5, 5.41) is 27.1. The Balaban J connectivity index is 2.09. The third-order valence-electron chi connectivity index (χ3n) is 6.21. The van der Waals surface area contributed by atoms with Crippen LogP contribution < -0.4 is 21.7 Å². The minimum absolute atomic E-state index is 0.0178. The van der Waals surface area contributed by atoms with Crippen LogP contribution in [0.4, 0.5) is 0 Å². The number of benzene rings is 2. The molecule has 0 aliphatic heterocycles. The van der Waals surface area contributed by atoms with Crippen molar-refractivity contribution >= 4 is 23.7 Å². The van der Waals surface area contributed by atoms with Gasteiger partial charge in [0.2, 0.25) is 17.7 Å². The number of hydrogen-bond donors (Lipinski definition) is 6. The van der Waals surface area contributed by atoms with Crippen molar-refractivity contribution in [2.24, 2.45) is 17.6 Å². The van der Waals surface area contributed by atoms with Gasteiger partial charge in [0.25, 0.3) is 0 Å². The molecule has 3 amide bonds. The van der Waals surface area contributed by atoms with Gasteiger partial charge in [0.15, 0.2) is 0 Å². The van der Waals surface area contributed by atoms with Crippen LogP contribution in [0.3, 0.4) is 0 Å². The number of rotatable bonds is 14. The van der Waals surface area contributed by atoms with Crippen molar-refractivity contribution in [2.75, 3.05) is 0 Å². The molecule has 2 aromatic carbocycles. The highest BCUT2D eigenvalue weighted by Crippen LogP contribution is 2.12. The number of nitrogens with two attached hydrogens (primary N) is 1. The zero-order valence-corrected chi connectivity index (χ0v) is 22.9. The van der Waals surface area contributed by atoms with E-state index in [0.29, 0.717) is 0 Å². The molecule has 4 unspecified atom stereocenters. The van der Waals surface area contributed by atoms with E-state index in [4.69, 9.17) is 5.73 Å². The van der Waals surface area contributed by atoms with Crippen LogP contribution in [0.2, 0.25) is 0 Å². The second-order valence-electron chi connectivity index (χ2n) is 10.5. The number of aliphatic carboxylic acids is 1. The highest BCUT2D eigenvalue weighted by molar-refractivity contribution is 5.94. The van der Waals surface area contributed by atoms with Gasteiger partial charge in [-0.25, -0.2) is 4.79 Å². The zero-order chi connectivity index (χ0) is 29.1. The van der Waals surface area contributed by atoms with Gasteiger partial charge >= 0.3 is 5.97 Å². The fraction of sp³-hybridized carbons (Fsp3) is 0.448. The monoisotopic (exact) mass is 540 g/mol. The number of carboxylic acids is 1. The average molecular weight is 541 g/mol. The Morgan fingerprint density at radius 3 is 1.85 bits per heavy atom. The molecule has 0 spiro atoms. The standard InChI is InChI=1S/C29H40N4O6/c1-17(2)14-23(27(36)32-24(29(38)39)16-19-8-6-5-7-9-19)31-28(37)25(18(3)4)33-26(35)22(30)15-20-10-12-21(34)13-11-20/h5-13,17-18,22-25,34H,14-16,30H2,1-4H3,(H,31,37)(H,32,36)(H,33,35)(H,38,39). The Kier molecular flexibility index (Phi) is 11.9. The molecule has 0 aromatic heterocycles. The molecular weight excluding hydrogens is 500 g/mol. The molecule has 2 rings (SSSR count). The van der Waals surface area contributed by atoms with E-state index in [1.807, 2.05) is 19.9 Å². The molecule has 0 bridgehead atoms. The van der Waals surface area contributed by atoms with Crippen molar-refractivity contribution in [1.29, 1.82) is 0 Å². The van der Waals surface area contributed by atoms with E-state index in [9.17, 15) is 29.4 Å². The molecule has 0 aliphatic rings. The number of phenols is 1. The van der Waals surface area contributed by atoms with Crippen molar-refractivity contribution in [3.05, 3.63) is 65.7 Å². The normalized spacial score (nSPS) is 14.2. The van der Waals surface area contributed by atoms with Gasteiger partial charge in [-0.2, -0.15) is 0 Å². The molecule has 0 fully saturated rings. The molecule has 10 heteroatoms. The summed E-state index contributed by atoms with van der Waals surface area (Å²) in [6, 6.07) is 11.2. The van der Waals surface area contributed by atoms with Crippen LogP contribution in [0, 0.1) is 11.8 Å². The maximum absolute atomic E-state index is 13.3. The number of carbonyl (C=O) groups is 4. The summed E-state index contributed by atoms with van der Waals surface area (Å²) in [7, 11) is 0. The fourth-order valence-electron chi connectivity index (χ4n) is 4.06. The minimum Gasteiger partial charge on any atom is -0.508 e. The average Bonchev–Trinajstić information content (AvgIpc) is 2.87. The first-order valence-corrected chi connectivity index (χ1v) is 13.1. The maximum Gasteiger partial charge on any atom is 0.326 e. The van der Waals surface area contributed by atoms with E-state index in [2.05, 4.69) is 16.0 Å². The quantitative estimate of drug-likeness (QED) is 0.212. The predicted molar refractivity (Wildman–Crippen MR) is 148 cm³/mol. The Labute approximate surface area is 229 Å². The van der Waals surface area contributed by atoms with E-state index < -0.39 is 47.9 Å². The SMILES string of the molecule is CC(C)CC(NC(=O)C(NC(=O)C(N)Cc1ccc(O)cc1)C(C)C)C(=O)NC(Cc1ccccc1)C(=O)O. The van der Waals surface area contributed by atoms with Gasteiger partial charge in [-0.05, 0) is 47.9 Å². The number of hydrogen-bond acceptors (Lipinski definition) is 6. The van der Waals surface area contributed by atoms with Gasteiger partial charge in [-0.3, -0.25) is 14.4 Å². The first kappa shape index (κ1) is 31.3. The van der Waals surface area contributed by atoms with E-state index in [-0.39, 0.29) is 36.8 Å². The summed E-state index contributed by atoms with van der Waals surface area (Å²) < 4.78 is 0. The molecule has 0 saturated heterocycles. The third kappa shape index (κ3) is 10.4. The number of phenolic OH excluding ortho intramolecular Hbond substituents is 1. The Bertz CT molecular complexity index is 1100. The summed E-state index contributed by atoms with van der Waals surface area (Å²) in [5.74, 6) is -3.09. The topological polar surface area (TPSA) is 171 Å². The molecule has 0 radical (unpaired) electrons. The number of aromatic hydroxyl groups is 1. The van der Waals surface area contributed by atoms with E-state index in [1.165, 1.54) is 12.1 Å². The summed E-state index contributed by atoms with van der Waals surface area (Å²) >= 11 is 0. The van der Waals surface area contributed by atoms with Crippen LogP contribution in [0.15, 0.2) is 54.6 Å². The summed E-state index contributed by atoms with van der Waals surface area (Å²) in [6.45, 7) is 7.28. The van der Waals surface area contributed by atoms with Gasteiger partial charge in [0, 0.05) is 6.42 Å². The van der Waals surface area contributed by atoms with Gasteiger partial charge in [0.1, 0.15) is 23.9 Å². The van der Waals surface area contributed by atoms with Crippen LogP contribution in [0.1, 0.15) is 45.2 Å². The van der Waals surface area contributed by atoms with E-state index >= 15 is 0 Å². The molecule has 0 aliphatic carbocycles. The second kappa shape index (κ2) is 14.9. The van der Waals surface area contributed by atoms with Gasteiger partial charge in [-0.15, -0.1) is 0 Å². The highest BCUT2D eigenvalue weighted by Gasteiger charge is 2.32. The number of carboxylic acid groups (broad SMARTS) is 1. The Morgan fingerprint density at radius 1 is 0.744 bits per heavy atom. The first-order chi connectivity index (χ1) is 18.4. The molecule has 212 valence electrons. The van der Waals surface area contributed by atoms with Gasteiger partial charge in [0.05, 0.1) is 6.04 Å². The lowest BCUT2D eigenvalue weighted by Gasteiger charge is -2.27. The summed E-state index contributed by atoms with van der Waals surface area (Å²) in [5.41, 5.74) is 7.57. The number of carbonyl (C=O) groups excluding carboxylic acids is 3. The van der Waals surface area contributed by atoms with Crippen molar-refractivity contribution in [1.82, 2.24) is 16.0 Å². The number of amides is 3. The Hall–Kier alpha value is -3.92. The summed E-state index contributed by atoms with van der Waals surface area (Å²) in [6.07, 6.45) is 0.567. The van der Waals surface area contributed by atoms with Crippen molar-refractivity contribution in [3.8, 4) is 5.75 Å². The largest absolute Gasteiger partial charge is 0.508 e. The van der Waals surface area contributed by atoms with Crippen molar-refractivity contribution in [2.45, 2.75) is 71.1 Å². The zero-order valence-electron chi connectivity index (χ0n) is 22.9. The first-order valence-electron chi connectivity index (χ1n) is 13.1. The molecule has 0 saturated carbocycles. The molecule has 7 N–H and O–H groups in total. The van der Waals surface area contributed by atoms with Crippen LogP contribution in [-0.4, -0.2) is 58.1 Å². The van der Waals surface area contributed by atoms with E-state index in [0.717, 1.165) is 11.1 Å². The third-order valence-corrected chi connectivity index (χ3v) is 6.21. The lowest BCUT2D eigenvalue weighted by molar-refractivity contribution is -0.142. The molecule has 39 heavy (non-hydrogen) atoms. The van der Waals surface area contributed by atoms with Crippen molar-refractivity contribution in [3.63, 3.8) is 0 Å². The lowest BCUT2D eigenvalue weighted by Crippen LogP contribution is -2.58. The predicted octanol–water partition coefficient (Wildman–Crippen LogP) is 1.75. The van der Waals surface area contributed by atoms with Crippen LogP contribution >= 0.6 is 0 Å². The van der Waals surface area contributed by atoms with Crippen LogP contribution in [-0.2, 0) is 32.0 Å². The molecule has 2 aromatic rings. The fourth-order valence-corrected chi connectivity index (χ4v) is 4.06. The lowest BCUT2D eigenvalue weighted by atomic mass is 9.98. The van der Waals surface area contributed by atoms with Crippen LogP contribution in [0.5, 0.6) is 5.75 Å². The number of nitrogens with one attached hydrogen (secondary N) is 3. The molecule has 4 atom stereocenters. The maximum atomic E-state index is 13.3. The second-order valence-corrected chi connectivity index (χ2v) is 10.5. The highest BCUT2D eigenvalue weighted by atomic mass is 16.4.